The van der Waals surface area contributed by atoms with Crippen LogP contribution in [0.15, 0.2) is 6.20 Å². The molecule has 3 fully saturated rings. The lowest BCUT2D eigenvalue weighted by Gasteiger charge is -2.47. The molecule has 2 atom stereocenters. The van der Waals surface area contributed by atoms with Gasteiger partial charge in [0.2, 0.25) is 0 Å². The number of morpholine rings is 1. The Labute approximate surface area is 126 Å². The van der Waals surface area contributed by atoms with Gasteiger partial charge in [0.05, 0.1) is 12.7 Å². The minimum Gasteiger partial charge on any atom is -0.375 e. The number of ether oxygens (including phenoxy) is 1. The Morgan fingerprint density at radius 2 is 2.24 bits per heavy atom. The Bertz CT molecular complexity index is 484. The van der Waals surface area contributed by atoms with E-state index in [2.05, 4.69) is 19.8 Å². The lowest BCUT2D eigenvalue weighted by molar-refractivity contribution is -0.105. The number of imidazole rings is 1. The zero-order chi connectivity index (χ0) is 14.2. The molecule has 21 heavy (non-hydrogen) atoms. The molecule has 1 saturated carbocycles. The summed E-state index contributed by atoms with van der Waals surface area (Å²) in [7, 11) is 0. The molecule has 3 heterocycles. The standard InChI is InChI=1S/C16H26N4O/c1-12-17-8-14(18-12)10-19-5-4-16-15(11-19)20(6-7-21-16)9-13-2-3-13/h8,13,15-16H,2-7,9-11H2,1H3,(H,17,18)/t15-,16-/m1/s1. The second kappa shape index (κ2) is 5.71. The minimum atomic E-state index is 0.456. The quantitative estimate of drug-likeness (QED) is 0.910. The highest BCUT2D eigenvalue weighted by atomic mass is 16.5. The Hall–Kier alpha value is -0.910. The summed E-state index contributed by atoms with van der Waals surface area (Å²) in [6.45, 7) is 8.61. The third kappa shape index (κ3) is 3.15. The van der Waals surface area contributed by atoms with Crippen molar-refractivity contribution in [1.29, 1.82) is 0 Å². The number of aromatic nitrogens is 2. The number of nitrogens with zero attached hydrogens (tertiary/aromatic N) is 3. The van der Waals surface area contributed by atoms with E-state index in [1.165, 1.54) is 31.5 Å². The molecule has 3 aliphatic rings. The molecule has 4 rings (SSSR count). The number of nitrogens with one attached hydrogen (secondary N) is 1. The average Bonchev–Trinajstić information content (AvgIpc) is 3.21. The third-order valence-electron chi connectivity index (χ3n) is 5.12. The first-order valence-electron chi connectivity index (χ1n) is 8.36. The molecule has 1 N–H and O–H groups in total. The van der Waals surface area contributed by atoms with Crippen molar-refractivity contribution in [2.45, 2.75) is 44.9 Å². The summed E-state index contributed by atoms with van der Waals surface area (Å²) in [5, 5.41) is 0. The Morgan fingerprint density at radius 3 is 3.00 bits per heavy atom. The van der Waals surface area contributed by atoms with Gasteiger partial charge in [0, 0.05) is 50.7 Å². The van der Waals surface area contributed by atoms with Gasteiger partial charge < -0.3 is 9.72 Å². The van der Waals surface area contributed by atoms with Crippen molar-refractivity contribution in [2.24, 2.45) is 5.92 Å². The number of H-pyrrole nitrogens is 1. The number of rotatable bonds is 4. The van der Waals surface area contributed by atoms with Gasteiger partial charge in [-0.25, -0.2) is 4.98 Å². The number of aromatic amines is 1. The molecular weight excluding hydrogens is 264 g/mol. The number of hydrogen-bond donors (Lipinski definition) is 1. The zero-order valence-electron chi connectivity index (χ0n) is 12.9. The Morgan fingerprint density at radius 1 is 1.33 bits per heavy atom. The normalized spacial score (nSPS) is 31.3. The van der Waals surface area contributed by atoms with Crippen LogP contribution in [0.2, 0.25) is 0 Å². The maximum atomic E-state index is 6.03. The van der Waals surface area contributed by atoms with Crippen molar-refractivity contribution in [3.8, 4) is 0 Å². The molecule has 0 amide bonds. The van der Waals surface area contributed by atoms with Crippen LogP contribution in [-0.4, -0.2) is 64.7 Å². The van der Waals surface area contributed by atoms with Gasteiger partial charge in [0.15, 0.2) is 0 Å². The molecule has 0 unspecified atom stereocenters. The van der Waals surface area contributed by atoms with E-state index in [0.29, 0.717) is 12.1 Å². The molecule has 0 radical (unpaired) electrons. The van der Waals surface area contributed by atoms with Gasteiger partial charge in [-0.3, -0.25) is 9.80 Å². The molecule has 5 heteroatoms. The van der Waals surface area contributed by atoms with E-state index in [9.17, 15) is 0 Å². The highest BCUT2D eigenvalue weighted by molar-refractivity contribution is 5.01. The second-order valence-electron chi connectivity index (χ2n) is 6.93. The summed E-state index contributed by atoms with van der Waals surface area (Å²) in [5.41, 5.74) is 1.23. The van der Waals surface area contributed by atoms with E-state index in [4.69, 9.17) is 4.74 Å². The topological polar surface area (TPSA) is 44.4 Å². The predicted octanol–water partition coefficient (Wildman–Crippen LogP) is 1.40. The number of hydrogen-bond acceptors (Lipinski definition) is 4. The summed E-state index contributed by atoms with van der Waals surface area (Å²) in [5.74, 6) is 1.98. The summed E-state index contributed by atoms with van der Waals surface area (Å²) >= 11 is 0. The van der Waals surface area contributed by atoms with Crippen LogP contribution in [0.25, 0.3) is 0 Å². The van der Waals surface area contributed by atoms with Crippen molar-refractivity contribution >= 4 is 0 Å². The van der Waals surface area contributed by atoms with Gasteiger partial charge in [-0.15, -0.1) is 0 Å². The molecule has 2 saturated heterocycles. The van der Waals surface area contributed by atoms with E-state index >= 15 is 0 Å². The predicted molar refractivity (Wildman–Crippen MR) is 81.0 cm³/mol. The molecule has 2 aliphatic heterocycles. The van der Waals surface area contributed by atoms with Crippen LogP contribution in [0.3, 0.4) is 0 Å². The van der Waals surface area contributed by atoms with Gasteiger partial charge in [-0.1, -0.05) is 0 Å². The van der Waals surface area contributed by atoms with Crippen LogP contribution in [-0.2, 0) is 11.3 Å². The summed E-state index contributed by atoms with van der Waals surface area (Å²) in [6.07, 6.45) is 6.47. The number of fused-ring (bicyclic) bond motifs is 1. The van der Waals surface area contributed by atoms with E-state index < -0.39 is 0 Å². The molecule has 1 aromatic heterocycles. The van der Waals surface area contributed by atoms with E-state index in [0.717, 1.165) is 44.5 Å². The van der Waals surface area contributed by atoms with E-state index in [1.54, 1.807) is 0 Å². The second-order valence-corrected chi connectivity index (χ2v) is 6.93. The highest BCUT2D eigenvalue weighted by Gasteiger charge is 2.39. The fraction of sp³-hybridized carbons (Fsp3) is 0.812. The number of piperidine rings is 1. The van der Waals surface area contributed by atoms with Crippen molar-refractivity contribution in [3.63, 3.8) is 0 Å². The molecule has 0 spiro atoms. The lowest BCUT2D eigenvalue weighted by Crippen LogP contribution is -2.60. The first-order chi connectivity index (χ1) is 10.3. The SMILES string of the molecule is Cc1ncc(CN2CC[C@H]3OCCN(CC4CC4)[C@@H]3C2)[nH]1. The fourth-order valence-electron chi connectivity index (χ4n) is 3.80. The van der Waals surface area contributed by atoms with Gasteiger partial charge in [0.25, 0.3) is 0 Å². The largest absolute Gasteiger partial charge is 0.375 e. The monoisotopic (exact) mass is 290 g/mol. The molecule has 5 nitrogen and oxygen atoms in total. The summed E-state index contributed by atoms with van der Waals surface area (Å²) < 4.78 is 6.03. The van der Waals surface area contributed by atoms with E-state index in [-0.39, 0.29) is 0 Å². The minimum absolute atomic E-state index is 0.456. The molecular formula is C16H26N4O. The van der Waals surface area contributed by atoms with Crippen LogP contribution in [0.1, 0.15) is 30.8 Å². The van der Waals surface area contributed by atoms with Crippen molar-refractivity contribution in [1.82, 2.24) is 19.8 Å². The summed E-state index contributed by atoms with van der Waals surface area (Å²) in [6, 6.07) is 0.595. The van der Waals surface area contributed by atoms with Crippen LogP contribution in [0.4, 0.5) is 0 Å². The van der Waals surface area contributed by atoms with Crippen molar-refractivity contribution < 1.29 is 4.74 Å². The van der Waals surface area contributed by atoms with Crippen LogP contribution in [0, 0.1) is 12.8 Å². The van der Waals surface area contributed by atoms with Crippen LogP contribution < -0.4 is 0 Å². The first kappa shape index (κ1) is 13.7. The molecule has 116 valence electrons. The maximum Gasteiger partial charge on any atom is 0.103 e. The Balaban J connectivity index is 1.40. The molecule has 0 bridgehead atoms. The third-order valence-corrected chi connectivity index (χ3v) is 5.12. The van der Waals surface area contributed by atoms with E-state index in [1.807, 2.05) is 13.1 Å². The molecule has 1 aliphatic carbocycles. The average molecular weight is 290 g/mol. The van der Waals surface area contributed by atoms with Crippen LogP contribution in [0.5, 0.6) is 0 Å². The zero-order valence-corrected chi connectivity index (χ0v) is 12.9. The fourth-order valence-corrected chi connectivity index (χ4v) is 3.80. The smallest absolute Gasteiger partial charge is 0.103 e. The lowest BCUT2D eigenvalue weighted by atomic mass is 9.98. The highest BCUT2D eigenvalue weighted by Crippen LogP contribution is 2.33. The first-order valence-corrected chi connectivity index (χ1v) is 8.36. The Kier molecular flexibility index (Phi) is 3.73. The molecule has 0 aromatic carbocycles. The van der Waals surface area contributed by atoms with Crippen molar-refractivity contribution in [3.05, 3.63) is 17.7 Å². The molecule has 1 aromatic rings. The van der Waals surface area contributed by atoms with Gasteiger partial charge in [-0.05, 0) is 32.1 Å². The van der Waals surface area contributed by atoms with Gasteiger partial charge in [0.1, 0.15) is 5.82 Å². The van der Waals surface area contributed by atoms with Crippen molar-refractivity contribution in [2.75, 3.05) is 32.8 Å². The van der Waals surface area contributed by atoms with Crippen LogP contribution >= 0.6 is 0 Å². The number of aryl methyl sites for hydroxylation is 1. The van der Waals surface area contributed by atoms with Gasteiger partial charge in [-0.2, -0.15) is 0 Å². The number of likely N-dealkylation sites (tertiary alicyclic amines) is 1. The summed E-state index contributed by atoms with van der Waals surface area (Å²) in [4.78, 5) is 12.9. The van der Waals surface area contributed by atoms with Gasteiger partial charge >= 0.3 is 0 Å². The maximum absolute atomic E-state index is 6.03.